The minimum Gasteiger partial charge on any atom is -0.464 e. The van der Waals surface area contributed by atoms with E-state index in [0.717, 1.165) is 33.4 Å². The van der Waals surface area contributed by atoms with E-state index in [1.54, 1.807) is 31.2 Å². The van der Waals surface area contributed by atoms with E-state index in [0.29, 0.717) is 5.56 Å². The predicted octanol–water partition coefficient (Wildman–Crippen LogP) is 11.6. The van der Waals surface area contributed by atoms with Crippen LogP contribution >= 0.6 is 69.6 Å². The summed E-state index contributed by atoms with van der Waals surface area (Å²) in [7, 11) is 0. The molecule has 2 fully saturated rings. The second-order valence-electron chi connectivity index (χ2n) is 20.2. The molecular weight excluding hydrogens is 1260 g/mol. The Hall–Kier alpha value is -5.46. The molecule has 2 heterocycles. The average molecular weight is 1320 g/mol. The summed E-state index contributed by atoms with van der Waals surface area (Å²) in [5.74, 6) is -1.16. The summed E-state index contributed by atoms with van der Waals surface area (Å²) >= 11 is 36.3. The molecular formula is C62H66Cl6N2O17. The van der Waals surface area contributed by atoms with E-state index in [-0.39, 0.29) is 58.8 Å². The molecule has 0 bridgehead atoms. The van der Waals surface area contributed by atoms with Crippen molar-refractivity contribution in [1.82, 2.24) is 10.6 Å². The summed E-state index contributed by atoms with van der Waals surface area (Å²) in [5.41, 5.74) is 6.14. The second kappa shape index (κ2) is 32.9. The first kappa shape index (κ1) is 67.5. The molecule has 0 radical (unpaired) electrons. The maximum atomic E-state index is 14.6. The number of halogens is 6. The Labute approximate surface area is 534 Å². The molecule has 19 nitrogen and oxygen atoms in total. The molecule has 2 N–H and O–H groups in total. The number of esters is 1. The highest BCUT2D eigenvalue weighted by atomic mass is 35.6. The highest BCUT2D eigenvalue weighted by Gasteiger charge is 2.56. The molecule has 5 aromatic carbocycles. The quantitative estimate of drug-likeness (QED) is 0.0216. The molecule has 2 amide bonds. The van der Waals surface area contributed by atoms with Crippen LogP contribution in [0.2, 0.25) is 0 Å². The van der Waals surface area contributed by atoms with Crippen LogP contribution in [-0.2, 0) is 86.2 Å². The largest absolute Gasteiger partial charge is 0.508 e. The maximum absolute atomic E-state index is 14.6. The summed E-state index contributed by atoms with van der Waals surface area (Å²) in [6, 6.07) is 40.1. The number of nitrogens with one attached hydrogen (secondary N) is 2. The summed E-state index contributed by atoms with van der Waals surface area (Å²) in [5, 5.41) is 5.46. The van der Waals surface area contributed by atoms with Gasteiger partial charge in [-0.25, -0.2) is 19.2 Å². The van der Waals surface area contributed by atoms with Crippen molar-refractivity contribution < 1.29 is 80.8 Å². The molecule has 0 saturated carbocycles. The number of alkyl halides is 6. The van der Waals surface area contributed by atoms with Crippen LogP contribution in [0, 0.1) is 0 Å². The summed E-state index contributed by atoms with van der Waals surface area (Å²) in [4.78, 5) is 56.3. The minimum absolute atomic E-state index is 0.0265. The molecule has 0 spiro atoms. The highest BCUT2D eigenvalue weighted by molar-refractivity contribution is 6.68. The Bertz CT molecular complexity index is 2960. The van der Waals surface area contributed by atoms with E-state index < -0.39 is 113 Å². The van der Waals surface area contributed by atoms with Gasteiger partial charge in [-0.2, -0.15) is 0 Å². The molecule has 468 valence electrons. The van der Waals surface area contributed by atoms with Gasteiger partial charge in [0.05, 0.1) is 46.2 Å². The molecule has 5 aromatic rings. The van der Waals surface area contributed by atoms with Crippen LogP contribution in [0.5, 0.6) is 0 Å². The molecule has 11 atom stereocenters. The standard InChI is InChI=1S/C62H66Cl6N2O17/c1-4-29-78-56-50(70-59(73)82-37-62(66,67)68)54(83-38(3)55(71)77-5-2)52(48(84-56)35-76-31-40-21-11-7-12-22-40)86-57-49(69-58(72)81-36-61(63,64)65)53(79-32-41-23-13-8-14-24-41)51(47(85-57)34-75-30-39-19-9-6-10-20-39)87-60(74)80-33-46-44-27-17-15-25-42(44)43-26-16-18-28-45(43)46/h4,6-28,38,46-54,56-57H,1,5,29-37H2,2-3H3,(H,69,72)(H,70,73)/t38-,47-,48-,49-,50-,51-,52-,53-,54-,56+,57+/m1/s1. The van der Waals surface area contributed by atoms with Crippen LogP contribution in [0.4, 0.5) is 14.4 Å². The van der Waals surface area contributed by atoms with Gasteiger partial charge in [0.15, 0.2) is 24.8 Å². The summed E-state index contributed by atoms with van der Waals surface area (Å²) in [6.07, 6.45) is -15.2. The fourth-order valence-corrected chi connectivity index (χ4v) is 10.4. The number of benzene rings is 5. The van der Waals surface area contributed by atoms with Crippen molar-refractivity contribution in [2.75, 3.05) is 46.2 Å². The summed E-state index contributed by atoms with van der Waals surface area (Å²) in [6.45, 7) is 4.44. The van der Waals surface area contributed by atoms with Gasteiger partial charge in [0, 0.05) is 5.92 Å². The van der Waals surface area contributed by atoms with Gasteiger partial charge in [-0.05, 0) is 52.8 Å². The van der Waals surface area contributed by atoms with E-state index in [2.05, 4.69) is 17.2 Å². The van der Waals surface area contributed by atoms with Crippen LogP contribution in [-0.4, -0.2) is 146 Å². The van der Waals surface area contributed by atoms with Gasteiger partial charge >= 0.3 is 24.3 Å². The Morgan fingerprint density at radius 1 is 0.563 bits per heavy atom. The van der Waals surface area contributed by atoms with Gasteiger partial charge in [-0.1, -0.05) is 215 Å². The Kier molecular flexibility index (Phi) is 25.5. The van der Waals surface area contributed by atoms with Crippen LogP contribution in [0.1, 0.15) is 47.6 Å². The lowest BCUT2D eigenvalue weighted by Crippen LogP contribution is -2.71. The molecule has 0 unspecified atom stereocenters. The lowest BCUT2D eigenvalue weighted by Gasteiger charge is -2.50. The zero-order valence-corrected chi connectivity index (χ0v) is 51.8. The maximum Gasteiger partial charge on any atom is 0.508 e. The number of carbonyl (C=O) groups excluding carboxylic acids is 4. The number of hydrogen-bond donors (Lipinski definition) is 2. The Morgan fingerprint density at radius 3 is 1.54 bits per heavy atom. The zero-order valence-electron chi connectivity index (χ0n) is 47.3. The van der Waals surface area contributed by atoms with E-state index >= 15 is 0 Å². The van der Waals surface area contributed by atoms with Crippen molar-refractivity contribution >= 4 is 93.9 Å². The minimum atomic E-state index is -2.07. The third kappa shape index (κ3) is 20.0. The van der Waals surface area contributed by atoms with Gasteiger partial charge < -0.3 is 72.2 Å². The van der Waals surface area contributed by atoms with Crippen molar-refractivity contribution in [3.8, 4) is 11.1 Å². The number of carbonyl (C=O) groups is 4. The fraction of sp³-hybridized carbons (Fsp3) is 0.419. The number of rotatable bonds is 27. The summed E-state index contributed by atoms with van der Waals surface area (Å²) < 4.78 is 77.6. The average Bonchev–Trinajstić information content (AvgIpc) is 1.90. The molecule has 2 aliphatic heterocycles. The number of fused-ring (bicyclic) bond motifs is 3. The number of amides is 2. The zero-order chi connectivity index (χ0) is 61.9. The van der Waals surface area contributed by atoms with E-state index in [4.69, 9.17) is 131 Å². The number of ether oxygens (including phenoxy) is 13. The van der Waals surface area contributed by atoms with Crippen LogP contribution < -0.4 is 10.6 Å². The third-order valence-electron chi connectivity index (χ3n) is 13.9. The van der Waals surface area contributed by atoms with E-state index in [1.807, 2.05) is 115 Å². The van der Waals surface area contributed by atoms with Crippen molar-refractivity contribution in [3.05, 3.63) is 180 Å². The Morgan fingerprint density at radius 2 is 1.03 bits per heavy atom. The van der Waals surface area contributed by atoms with Gasteiger partial charge in [-0.15, -0.1) is 6.58 Å². The van der Waals surface area contributed by atoms with Crippen molar-refractivity contribution in [2.24, 2.45) is 0 Å². The van der Waals surface area contributed by atoms with Gasteiger partial charge in [0.1, 0.15) is 62.4 Å². The normalized spacial score (nSPS) is 23.0. The first-order valence-corrected chi connectivity index (χ1v) is 30.1. The van der Waals surface area contributed by atoms with Crippen molar-refractivity contribution in [3.63, 3.8) is 0 Å². The molecule has 3 aliphatic rings. The van der Waals surface area contributed by atoms with Crippen LogP contribution in [0.15, 0.2) is 152 Å². The Balaban J connectivity index is 1.23. The van der Waals surface area contributed by atoms with Gasteiger partial charge in [-0.3, -0.25) is 0 Å². The molecule has 0 aromatic heterocycles. The fourth-order valence-electron chi connectivity index (χ4n) is 10.1. The van der Waals surface area contributed by atoms with E-state index in [1.165, 1.54) is 13.0 Å². The van der Waals surface area contributed by atoms with Crippen molar-refractivity contribution in [2.45, 2.75) is 115 Å². The first-order chi connectivity index (χ1) is 41.9. The predicted molar refractivity (Wildman–Crippen MR) is 324 cm³/mol. The number of hydrogen-bond acceptors (Lipinski definition) is 17. The first-order valence-electron chi connectivity index (χ1n) is 27.8. The third-order valence-corrected chi connectivity index (χ3v) is 14.5. The van der Waals surface area contributed by atoms with Gasteiger partial charge in [0.25, 0.3) is 0 Å². The highest BCUT2D eigenvalue weighted by Crippen LogP contribution is 2.45. The molecule has 8 rings (SSSR count). The molecule has 1 aliphatic carbocycles. The van der Waals surface area contributed by atoms with E-state index in [9.17, 15) is 19.2 Å². The van der Waals surface area contributed by atoms with Crippen LogP contribution in [0.25, 0.3) is 11.1 Å². The second-order valence-corrected chi connectivity index (χ2v) is 25.2. The lowest BCUT2D eigenvalue weighted by molar-refractivity contribution is -0.341. The SMILES string of the molecule is C=CCO[C@H]1O[C@H](COCc2ccccc2)[C@@H](O[C@@H]2O[C@H](COCc3ccccc3)[C@@H](OC(=O)OCC3c4ccccc4-c4ccccc43)[C@H](OCc3ccccc3)[C@H]2NC(=O)OCC(Cl)(Cl)Cl)[C@H](O[C@H](C)C(=O)OCC)[C@H]1NC(=O)OCC(Cl)(Cl)Cl. The molecule has 87 heavy (non-hydrogen) atoms. The monoisotopic (exact) mass is 1320 g/mol. The topological polar surface area (TPSA) is 212 Å². The van der Waals surface area contributed by atoms with Gasteiger partial charge in [0.2, 0.25) is 7.59 Å². The van der Waals surface area contributed by atoms with Crippen LogP contribution in [0.3, 0.4) is 0 Å². The van der Waals surface area contributed by atoms with Crippen molar-refractivity contribution in [1.29, 1.82) is 0 Å². The molecule has 2 saturated heterocycles. The molecule has 25 heteroatoms. The number of alkyl carbamates (subject to hydrolysis) is 2. The smallest absolute Gasteiger partial charge is 0.464 e. The lowest BCUT2D eigenvalue weighted by atomic mass is 9.94.